The molecule has 0 unspecified atom stereocenters. The molecule has 0 radical (unpaired) electrons. The average Bonchev–Trinajstić information content (AvgIpc) is 3.90. The van der Waals surface area contributed by atoms with Crippen molar-refractivity contribution in [3.8, 4) is 22.3 Å². The van der Waals surface area contributed by atoms with Gasteiger partial charge in [-0.05, 0) is 82.9 Å². The van der Waals surface area contributed by atoms with Crippen LogP contribution in [-0.4, -0.2) is 0 Å². The Morgan fingerprint density at radius 2 is 1.00 bits per heavy atom. The lowest BCUT2D eigenvalue weighted by atomic mass is 9.98. The van der Waals surface area contributed by atoms with Gasteiger partial charge >= 0.3 is 0 Å². The number of benzene rings is 8. The van der Waals surface area contributed by atoms with Gasteiger partial charge in [0.15, 0.2) is 5.58 Å². The number of anilines is 3. The van der Waals surface area contributed by atoms with Crippen LogP contribution in [0.15, 0.2) is 185 Å². The van der Waals surface area contributed by atoms with Gasteiger partial charge in [0.05, 0.1) is 16.8 Å². The fraction of sp³-hybridized carbons (Fsp3) is 0. The van der Waals surface area contributed by atoms with E-state index in [1.807, 2.05) is 23.5 Å². The molecular formula is C48H29NO2S. The summed E-state index contributed by atoms with van der Waals surface area (Å²) in [5.74, 6) is 0. The number of furan rings is 2. The van der Waals surface area contributed by atoms with E-state index < -0.39 is 0 Å². The predicted octanol–water partition coefficient (Wildman–Crippen LogP) is 14.7. The van der Waals surface area contributed by atoms with Gasteiger partial charge in [-0.15, -0.1) is 11.3 Å². The molecular weight excluding hydrogens is 655 g/mol. The van der Waals surface area contributed by atoms with E-state index in [1.165, 1.54) is 36.9 Å². The lowest BCUT2D eigenvalue weighted by Crippen LogP contribution is -2.10. The summed E-state index contributed by atoms with van der Waals surface area (Å²) in [5.41, 5.74) is 11.3. The normalized spacial score (nSPS) is 11.8. The fourth-order valence-electron chi connectivity index (χ4n) is 7.89. The number of nitrogens with zero attached hydrogens (tertiary/aromatic N) is 1. The monoisotopic (exact) mass is 683 g/mol. The zero-order valence-electron chi connectivity index (χ0n) is 27.9. The van der Waals surface area contributed by atoms with Crippen molar-refractivity contribution < 1.29 is 8.83 Å². The van der Waals surface area contributed by atoms with Crippen molar-refractivity contribution in [3.63, 3.8) is 0 Å². The molecule has 244 valence electrons. The summed E-state index contributed by atoms with van der Waals surface area (Å²) in [5, 5.41) is 6.76. The molecule has 0 saturated heterocycles. The van der Waals surface area contributed by atoms with E-state index in [0.29, 0.717) is 0 Å². The van der Waals surface area contributed by atoms with Gasteiger partial charge in [0.1, 0.15) is 16.7 Å². The van der Waals surface area contributed by atoms with Crippen LogP contribution in [0.25, 0.3) is 86.3 Å². The molecule has 0 N–H and O–H groups in total. The first-order chi connectivity index (χ1) is 25.8. The Labute approximate surface area is 303 Å². The van der Waals surface area contributed by atoms with E-state index in [2.05, 4.69) is 169 Å². The molecule has 3 aromatic heterocycles. The fourth-order valence-corrected chi connectivity index (χ4v) is 8.99. The topological polar surface area (TPSA) is 29.5 Å². The summed E-state index contributed by atoms with van der Waals surface area (Å²) in [6.07, 6.45) is 0. The maximum atomic E-state index is 7.06. The second-order valence-electron chi connectivity index (χ2n) is 13.2. The third kappa shape index (κ3) is 4.45. The average molecular weight is 684 g/mol. The minimum Gasteiger partial charge on any atom is -0.456 e. The maximum Gasteiger partial charge on any atom is 0.159 e. The molecule has 0 amide bonds. The number of fused-ring (bicyclic) bond motifs is 10. The largest absolute Gasteiger partial charge is 0.456 e. The van der Waals surface area contributed by atoms with Crippen molar-refractivity contribution in [3.05, 3.63) is 176 Å². The van der Waals surface area contributed by atoms with Crippen LogP contribution < -0.4 is 4.90 Å². The Bertz CT molecular complexity index is 3130. The molecule has 0 aliphatic heterocycles. The second-order valence-corrected chi connectivity index (χ2v) is 14.3. The summed E-state index contributed by atoms with van der Waals surface area (Å²) >= 11 is 1.81. The van der Waals surface area contributed by atoms with Gasteiger partial charge in [-0.3, -0.25) is 0 Å². The number of thiophene rings is 1. The Balaban J connectivity index is 1.14. The van der Waals surface area contributed by atoms with Crippen LogP contribution >= 0.6 is 11.3 Å². The lowest BCUT2D eigenvalue weighted by molar-refractivity contribution is 0.668. The predicted molar refractivity (Wildman–Crippen MR) is 219 cm³/mol. The van der Waals surface area contributed by atoms with Gasteiger partial charge < -0.3 is 13.7 Å². The highest BCUT2D eigenvalue weighted by Gasteiger charge is 2.24. The van der Waals surface area contributed by atoms with Crippen LogP contribution in [0.3, 0.4) is 0 Å². The maximum absolute atomic E-state index is 7.06. The first-order valence-electron chi connectivity index (χ1n) is 17.5. The second kappa shape index (κ2) is 11.5. The SMILES string of the molecule is c1ccc(-c2cccc(-c3ccc(N(c4cccc5c4oc4c5ccc5sc6ccccc6c54)c4cccc5oc6ccccc6c45)cc3)c2)cc1. The van der Waals surface area contributed by atoms with Gasteiger partial charge in [0.25, 0.3) is 0 Å². The molecule has 3 nitrogen and oxygen atoms in total. The van der Waals surface area contributed by atoms with E-state index in [1.54, 1.807) is 0 Å². The van der Waals surface area contributed by atoms with E-state index in [0.717, 1.165) is 66.5 Å². The van der Waals surface area contributed by atoms with Crippen LogP contribution in [-0.2, 0) is 0 Å². The first-order valence-corrected chi connectivity index (χ1v) is 18.3. The molecule has 8 aromatic carbocycles. The van der Waals surface area contributed by atoms with Crippen LogP contribution in [0, 0.1) is 0 Å². The molecule has 52 heavy (non-hydrogen) atoms. The van der Waals surface area contributed by atoms with Gasteiger partial charge in [-0.1, -0.05) is 115 Å². The van der Waals surface area contributed by atoms with Gasteiger partial charge in [0, 0.05) is 42.0 Å². The van der Waals surface area contributed by atoms with Crippen LogP contribution in [0.5, 0.6) is 0 Å². The molecule has 11 aromatic rings. The van der Waals surface area contributed by atoms with Crippen molar-refractivity contribution in [1.29, 1.82) is 0 Å². The quantitative estimate of drug-likeness (QED) is 0.181. The van der Waals surface area contributed by atoms with Crippen molar-refractivity contribution in [2.45, 2.75) is 0 Å². The van der Waals surface area contributed by atoms with E-state index in [-0.39, 0.29) is 0 Å². The van der Waals surface area contributed by atoms with Crippen molar-refractivity contribution in [2.24, 2.45) is 0 Å². The summed E-state index contributed by atoms with van der Waals surface area (Å²) in [7, 11) is 0. The first kappa shape index (κ1) is 29.1. The van der Waals surface area contributed by atoms with E-state index in [4.69, 9.17) is 8.83 Å². The zero-order valence-corrected chi connectivity index (χ0v) is 28.7. The Morgan fingerprint density at radius 3 is 1.87 bits per heavy atom. The van der Waals surface area contributed by atoms with Gasteiger partial charge in [-0.25, -0.2) is 0 Å². The molecule has 4 heteroatoms. The highest BCUT2D eigenvalue weighted by atomic mass is 32.1. The molecule has 0 aliphatic carbocycles. The van der Waals surface area contributed by atoms with E-state index in [9.17, 15) is 0 Å². The summed E-state index contributed by atoms with van der Waals surface area (Å²) < 4.78 is 16.0. The molecule has 0 fully saturated rings. The molecule has 0 saturated carbocycles. The van der Waals surface area contributed by atoms with Crippen LogP contribution in [0.4, 0.5) is 17.1 Å². The Morgan fingerprint density at radius 1 is 0.365 bits per heavy atom. The third-order valence-corrected chi connectivity index (χ3v) is 11.4. The Hall–Kier alpha value is -6.62. The third-order valence-electron chi connectivity index (χ3n) is 10.3. The number of hydrogen-bond donors (Lipinski definition) is 0. The van der Waals surface area contributed by atoms with Crippen LogP contribution in [0.1, 0.15) is 0 Å². The van der Waals surface area contributed by atoms with Gasteiger partial charge in [0.2, 0.25) is 0 Å². The lowest BCUT2D eigenvalue weighted by Gasteiger charge is -2.26. The molecule has 0 bridgehead atoms. The molecule has 0 spiro atoms. The van der Waals surface area contributed by atoms with Crippen LogP contribution in [0.2, 0.25) is 0 Å². The summed E-state index contributed by atoms with van der Waals surface area (Å²) in [6, 6.07) is 62.4. The van der Waals surface area contributed by atoms with Crippen molar-refractivity contribution >= 4 is 92.4 Å². The minimum absolute atomic E-state index is 0.848. The minimum atomic E-state index is 0.848. The Kier molecular flexibility index (Phi) is 6.42. The number of rotatable bonds is 5. The highest BCUT2D eigenvalue weighted by molar-refractivity contribution is 7.26. The van der Waals surface area contributed by atoms with Gasteiger partial charge in [-0.2, -0.15) is 0 Å². The standard InChI is InChI=1S/C48H29NO2S/c1-2-11-30(12-3-1)32-13-8-14-33(29-32)31-23-25-34(26-24-31)49(39-18-10-21-42-45(39)37-15-4-6-20-41(37)50-42)40-19-9-17-35-36-27-28-44-46(48(36)51-47(35)40)38-16-5-7-22-43(38)52-44/h1-29H. The highest BCUT2D eigenvalue weighted by Crippen LogP contribution is 2.48. The summed E-state index contributed by atoms with van der Waals surface area (Å²) in [4.78, 5) is 2.34. The molecule has 3 heterocycles. The summed E-state index contributed by atoms with van der Waals surface area (Å²) in [6.45, 7) is 0. The molecule has 0 atom stereocenters. The molecule has 0 aliphatic rings. The number of para-hydroxylation sites is 2. The van der Waals surface area contributed by atoms with E-state index >= 15 is 0 Å². The van der Waals surface area contributed by atoms with Crippen molar-refractivity contribution in [2.75, 3.05) is 4.90 Å². The molecule has 11 rings (SSSR count). The van der Waals surface area contributed by atoms with Crippen molar-refractivity contribution in [1.82, 2.24) is 0 Å². The zero-order chi connectivity index (χ0) is 34.2. The number of hydrogen-bond acceptors (Lipinski definition) is 4. The smallest absolute Gasteiger partial charge is 0.159 e.